The molecule has 0 amide bonds. The Morgan fingerprint density at radius 3 is 2.66 bits per heavy atom. The van der Waals surface area contributed by atoms with E-state index in [9.17, 15) is 0 Å². The number of ether oxygens (including phenoxy) is 1. The normalized spacial score (nSPS) is 19.3. The monoisotopic (exact) mass is 391 g/mol. The van der Waals surface area contributed by atoms with E-state index in [1.165, 1.54) is 5.56 Å². The molecule has 1 fully saturated rings. The fraction of sp³-hybridized carbons (Fsp3) is 0.435. The number of benzene rings is 1. The Morgan fingerprint density at radius 2 is 1.93 bits per heavy atom. The number of hydrogen-bond acceptors (Lipinski definition) is 6. The summed E-state index contributed by atoms with van der Waals surface area (Å²) in [6.07, 6.45) is 7.06. The number of anilines is 1. The van der Waals surface area contributed by atoms with Gasteiger partial charge in [-0.05, 0) is 74.4 Å². The van der Waals surface area contributed by atoms with Gasteiger partial charge in [-0.1, -0.05) is 6.92 Å². The van der Waals surface area contributed by atoms with Crippen LogP contribution in [-0.2, 0) is 6.42 Å². The van der Waals surface area contributed by atoms with Crippen LogP contribution in [0.15, 0.2) is 30.5 Å². The van der Waals surface area contributed by atoms with Crippen LogP contribution >= 0.6 is 0 Å². The number of nitrogens with one attached hydrogen (secondary N) is 1. The number of nitrogens with two attached hydrogens (primary N) is 1. The number of pyridine rings is 1. The Balaban J connectivity index is 1.69. The third-order valence-corrected chi connectivity index (χ3v) is 5.75. The van der Waals surface area contributed by atoms with E-state index in [2.05, 4.69) is 40.4 Å². The van der Waals surface area contributed by atoms with Crippen LogP contribution in [0.5, 0.6) is 5.88 Å². The molecule has 2 heterocycles. The molecule has 3 N–H and O–H groups in total. The average Bonchev–Trinajstić information content (AvgIpc) is 2.74. The lowest BCUT2D eigenvalue weighted by Crippen LogP contribution is -2.33. The Morgan fingerprint density at radius 1 is 1.14 bits per heavy atom. The number of nitrogens with zero attached hydrogens (tertiary/aromatic N) is 3. The highest BCUT2D eigenvalue weighted by Crippen LogP contribution is 2.33. The molecule has 1 aliphatic carbocycles. The van der Waals surface area contributed by atoms with Crippen LogP contribution in [0.4, 0.5) is 5.95 Å². The maximum absolute atomic E-state index is 6.02. The lowest BCUT2D eigenvalue weighted by molar-refractivity contribution is 0.399. The fourth-order valence-corrected chi connectivity index (χ4v) is 4.07. The quantitative estimate of drug-likeness (QED) is 0.676. The van der Waals surface area contributed by atoms with Gasteiger partial charge >= 0.3 is 0 Å². The van der Waals surface area contributed by atoms with Gasteiger partial charge < -0.3 is 15.8 Å². The van der Waals surface area contributed by atoms with Crippen LogP contribution in [0, 0.1) is 6.92 Å². The summed E-state index contributed by atoms with van der Waals surface area (Å²) in [6.45, 7) is 4.12. The molecule has 152 valence electrons. The largest absolute Gasteiger partial charge is 0.481 e. The van der Waals surface area contributed by atoms with Gasteiger partial charge in [0.05, 0.1) is 12.6 Å². The molecule has 0 atom stereocenters. The molecule has 1 aromatic carbocycles. The Hall–Kier alpha value is -2.73. The molecule has 0 unspecified atom stereocenters. The van der Waals surface area contributed by atoms with Crippen LogP contribution in [0.25, 0.3) is 22.0 Å². The first-order chi connectivity index (χ1) is 14.1. The zero-order valence-electron chi connectivity index (χ0n) is 17.4. The summed E-state index contributed by atoms with van der Waals surface area (Å²) in [5.41, 5.74) is 11.2. The van der Waals surface area contributed by atoms with Crippen LogP contribution in [0.2, 0.25) is 0 Å². The van der Waals surface area contributed by atoms with Gasteiger partial charge in [0.25, 0.3) is 0 Å². The summed E-state index contributed by atoms with van der Waals surface area (Å²) in [4.78, 5) is 14.0. The maximum Gasteiger partial charge on any atom is 0.223 e. The zero-order chi connectivity index (χ0) is 20.4. The molecular formula is C23H29N5O. The molecule has 1 aliphatic rings. The smallest absolute Gasteiger partial charge is 0.223 e. The Bertz CT molecular complexity index is 1010. The van der Waals surface area contributed by atoms with Gasteiger partial charge in [-0.3, -0.25) is 0 Å². The van der Waals surface area contributed by atoms with Gasteiger partial charge in [0.2, 0.25) is 11.8 Å². The van der Waals surface area contributed by atoms with E-state index in [1.54, 1.807) is 7.11 Å². The van der Waals surface area contributed by atoms with Crippen molar-refractivity contribution in [3.8, 4) is 17.0 Å². The van der Waals surface area contributed by atoms with Crippen molar-refractivity contribution in [3.05, 3.63) is 41.7 Å². The van der Waals surface area contributed by atoms with E-state index in [0.29, 0.717) is 23.9 Å². The van der Waals surface area contributed by atoms with Gasteiger partial charge in [0, 0.05) is 34.9 Å². The molecule has 6 nitrogen and oxygen atoms in total. The molecule has 1 saturated carbocycles. The first-order valence-electron chi connectivity index (χ1n) is 10.4. The number of fused-ring (bicyclic) bond motifs is 1. The molecule has 0 radical (unpaired) electrons. The maximum atomic E-state index is 6.02. The number of hydrogen-bond donors (Lipinski definition) is 2. The summed E-state index contributed by atoms with van der Waals surface area (Å²) in [7, 11) is 1.66. The molecule has 3 aromatic rings. The minimum absolute atomic E-state index is 0.337. The van der Waals surface area contributed by atoms with E-state index < -0.39 is 0 Å². The highest BCUT2D eigenvalue weighted by Gasteiger charge is 2.19. The van der Waals surface area contributed by atoms with Gasteiger partial charge in [-0.2, -0.15) is 0 Å². The number of aryl methyl sites for hydroxylation is 2. The van der Waals surface area contributed by atoms with Gasteiger partial charge in [-0.25, -0.2) is 15.0 Å². The summed E-state index contributed by atoms with van der Waals surface area (Å²) in [5, 5.41) is 4.53. The van der Waals surface area contributed by atoms with Gasteiger partial charge in [-0.15, -0.1) is 0 Å². The average molecular weight is 392 g/mol. The van der Waals surface area contributed by atoms with Gasteiger partial charge in [0.1, 0.15) is 0 Å². The van der Waals surface area contributed by atoms with Crippen molar-refractivity contribution in [3.63, 3.8) is 0 Å². The third-order valence-electron chi connectivity index (χ3n) is 5.75. The first-order valence-corrected chi connectivity index (χ1v) is 10.4. The number of rotatable bonds is 5. The van der Waals surface area contributed by atoms with E-state index >= 15 is 0 Å². The summed E-state index contributed by atoms with van der Waals surface area (Å²) < 4.78 is 5.52. The standard InChI is InChI=1S/C23H29N5O/c1-4-15-11-16(20-10-5-14(2)26-22(20)29-3)12-17-13-25-23(28-21(15)17)27-19-8-6-18(24)7-9-19/h5,10-13,18-19H,4,6-9,24H2,1-3H3,(H,25,27,28). The topological polar surface area (TPSA) is 86.0 Å². The van der Waals surface area contributed by atoms with Crippen LogP contribution < -0.4 is 15.8 Å². The lowest BCUT2D eigenvalue weighted by atomic mass is 9.92. The van der Waals surface area contributed by atoms with Crippen molar-refractivity contribution in [1.82, 2.24) is 15.0 Å². The Kier molecular flexibility index (Phi) is 5.62. The van der Waals surface area contributed by atoms with Crippen LogP contribution in [0.3, 0.4) is 0 Å². The minimum Gasteiger partial charge on any atom is -0.481 e. The highest BCUT2D eigenvalue weighted by atomic mass is 16.5. The molecule has 0 aliphatic heterocycles. The van der Waals surface area contributed by atoms with E-state index in [4.69, 9.17) is 15.5 Å². The predicted octanol–water partition coefficient (Wildman–Crippen LogP) is 4.25. The summed E-state index contributed by atoms with van der Waals surface area (Å²) in [5.74, 6) is 1.34. The minimum atomic E-state index is 0.337. The lowest BCUT2D eigenvalue weighted by Gasteiger charge is -2.26. The predicted molar refractivity (Wildman–Crippen MR) is 117 cm³/mol. The fourth-order valence-electron chi connectivity index (χ4n) is 4.07. The van der Waals surface area contributed by atoms with Gasteiger partial charge in [0.15, 0.2) is 0 Å². The van der Waals surface area contributed by atoms with Crippen molar-refractivity contribution in [2.24, 2.45) is 5.73 Å². The molecular weight excluding hydrogens is 362 g/mol. The number of aromatic nitrogens is 3. The molecule has 6 heteroatoms. The molecule has 0 saturated heterocycles. The second-order valence-electron chi connectivity index (χ2n) is 7.89. The van der Waals surface area contributed by atoms with Crippen molar-refractivity contribution >= 4 is 16.9 Å². The van der Waals surface area contributed by atoms with Crippen molar-refractivity contribution < 1.29 is 4.74 Å². The number of methoxy groups -OCH3 is 1. The second kappa shape index (κ2) is 8.33. The highest BCUT2D eigenvalue weighted by molar-refractivity contribution is 5.88. The Labute approximate surface area is 171 Å². The van der Waals surface area contributed by atoms with Crippen LogP contribution in [0.1, 0.15) is 43.9 Å². The molecule has 2 aromatic heterocycles. The molecule has 0 bridgehead atoms. The van der Waals surface area contributed by atoms with E-state index in [0.717, 1.165) is 59.8 Å². The van der Waals surface area contributed by atoms with Crippen molar-refractivity contribution in [1.29, 1.82) is 0 Å². The third kappa shape index (κ3) is 4.17. The molecule has 4 rings (SSSR count). The van der Waals surface area contributed by atoms with Crippen molar-refractivity contribution in [2.45, 2.75) is 58.0 Å². The second-order valence-corrected chi connectivity index (χ2v) is 7.89. The van der Waals surface area contributed by atoms with E-state index in [-0.39, 0.29) is 0 Å². The molecule has 0 spiro atoms. The van der Waals surface area contributed by atoms with E-state index in [1.807, 2.05) is 19.2 Å². The zero-order valence-corrected chi connectivity index (χ0v) is 17.4. The molecule has 29 heavy (non-hydrogen) atoms. The van der Waals surface area contributed by atoms with Crippen LogP contribution in [-0.4, -0.2) is 34.1 Å². The van der Waals surface area contributed by atoms with Crippen molar-refractivity contribution in [2.75, 3.05) is 12.4 Å². The summed E-state index contributed by atoms with van der Waals surface area (Å²) in [6, 6.07) is 9.11. The summed E-state index contributed by atoms with van der Waals surface area (Å²) >= 11 is 0. The SMILES string of the molecule is CCc1cc(-c2ccc(C)nc2OC)cc2cnc(NC3CCC(N)CC3)nc12. The first kappa shape index (κ1) is 19.6.